The van der Waals surface area contributed by atoms with Crippen LogP contribution in [0.4, 0.5) is 0 Å². The second kappa shape index (κ2) is 9.16. The van der Waals surface area contributed by atoms with E-state index in [0.29, 0.717) is 19.3 Å². The smallest absolute Gasteiger partial charge is 0.191 e. The molecule has 1 fully saturated rings. The second-order valence-electron chi connectivity index (χ2n) is 4.68. The van der Waals surface area contributed by atoms with Crippen LogP contribution in [-0.4, -0.2) is 52.0 Å². The van der Waals surface area contributed by atoms with Gasteiger partial charge >= 0.3 is 0 Å². The summed E-state index contributed by atoms with van der Waals surface area (Å²) in [4.78, 5) is 4.53. The van der Waals surface area contributed by atoms with E-state index in [2.05, 4.69) is 29.5 Å². The Hall–Kier alpha value is -0.810. The van der Waals surface area contributed by atoms with Crippen molar-refractivity contribution in [3.63, 3.8) is 0 Å². The predicted molar refractivity (Wildman–Crippen MR) is 74.0 cm³/mol. The topological polar surface area (TPSA) is 54.9 Å². The number of guanidine groups is 1. The molecule has 2 atom stereocenters. The summed E-state index contributed by atoms with van der Waals surface area (Å²) >= 11 is 0. The Labute approximate surface area is 110 Å². The Bertz CT molecular complexity index is 246. The van der Waals surface area contributed by atoms with E-state index in [1.807, 2.05) is 0 Å². The third kappa shape index (κ3) is 6.81. The average Bonchev–Trinajstić information content (AvgIpc) is 3.04. The maximum atomic E-state index is 5.39. The van der Waals surface area contributed by atoms with Gasteiger partial charge in [0.05, 0.1) is 13.2 Å². The number of nitrogens with zero attached hydrogens (tertiary/aromatic N) is 1. The van der Waals surface area contributed by atoms with Gasteiger partial charge in [0.2, 0.25) is 0 Å². The van der Waals surface area contributed by atoms with Gasteiger partial charge in [-0.3, -0.25) is 4.99 Å². The van der Waals surface area contributed by atoms with Crippen molar-refractivity contribution in [3.8, 4) is 0 Å². The largest absolute Gasteiger partial charge is 0.382 e. The van der Waals surface area contributed by atoms with Gasteiger partial charge in [0.25, 0.3) is 0 Å². The number of ether oxygens (including phenoxy) is 2. The fourth-order valence-electron chi connectivity index (χ4n) is 1.62. The van der Waals surface area contributed by atoms with Crippen LogP contribution in [0.5, 0.6) is 0 Å². The summed E-state index contributed by atoms with van der Waals surface area (Å²) in [5, 5.41) is 6.69. The second-order valence-corrected chi connectivity index (χ2v) is 4.68. The quantitative estimate of drug-likeness (QED) is 0.368. The van der Waals surface area contributed by atoms with Crippen molar-refractivity contribution in [2.45, 2.75) is 32.7 Å². The molecule has 0 bridgehead atoms. The Morgan fingerprint density at radius 3 is 2.72 bits per heavy atom. The Morgan fingerprint density at radius 2 is 2.11 bits per heavy atom. The van der Waals surface area contributed by atoms with E-state index in [1.165, 1.54) is 6.42 Å². The van der Waals surface area contributed by atoms with Crippen LogP contribution in [0, 0.1) is 5.92 Å². The maximum Gasteiger partial charge on any atom is 0.191 e. The van der Waals surface area contributed by atoms with Gasteiger partial charge in [-0.15, -0.1) is 0 Å². The van der Waals surface area contributed by atoms with Gasteiger partial charge in [-0.05, 0) is 25.7 Å². The lowest BCUT2D eigenvalue weighted by atomic mass is 10.4. The first-order valence-corrected chi connectivity index (χ1v) is 6.89. The molecule has 1 aliphatic carbocycles. The summed E-state index contributed by atoms with van der Waals surface area (Å²) in [5.74, 6) is 1.72. The van der Waals surface area contributed by atoms with Gasteiger partial charge < -0.3 is 20.1 Å². The van der Waals surface area contributed by atoms with E-state index >= 15 is 0 Å². The summed E-state index contributed by atoms with van der Waals surface area (Å²) in [7, 11) is 1.68. The minimum atomic E-state index is 0.612. The number of methoxy groups -OCH3 is 1. The molecular weight excluding hydrogens is 230 g/mol. The zero-order chi connectivity index (χ0) is 13.2. The maximum absolute atomic E-state index is 5.39. The summed E-state index contributed by atoms with van der Waals surface area (Å²) in [6.07, 6.45) is 2.20. The van der Waals surface area contributed by atoms with Crippen molar-refractivity contribution >= 4 is 5.96 Å². The van der Waals surface area contributed by atoms with Gasteiger partial charge in [0, 0.05) is 32.8 Å². The molecule has 0 heterocycles. The van der Waals surface area contributed by atoms with Crippen molar-refractivity contribution in [2.24, 2.45) is 10.9 Å². The lowest BCUT2D eigenvalue weighted by Crippen LogP contribution is -2.39. The molecule has 1 saturated carbocycles. The van der Waals surface area contributed by atoms with Crippen molar-refractivity contribution in [1.29, 1.82) is 0 Å². The molecule has 18 heavy (non-hydrogen) atoms. The van der Waals surface area contributed by atoms with Gasteiger partial charge in [0.15, 0.2) is 5.96 Å². The first kappa shape index (κ1) is 15.2. The zero-order valence-electron chi connectivity index (χ0n) is 11.9. The number of hydrogen-bond acceptors (Lipinski definition) is 3. The van der Waals surface area contributed by atoms with Crippen LogP contribution in [0.15, 0.2) is 4.99 Å². The third-order valence-electron chi connectivity index (χ3n) is 2.92. The first-order chi connectivity index (χ1) is 8.77. The van der Waals surface area contributed by atoms with Crippen LogP contribution < -0.4 is 10.6 Å². The average molecular weight is 257 g/mol. The molecule has 1 aliphatic rings. The molecule has 2 N–H and O–H groups in total. The number of rotatable bonds is 9. The highest BCUT2D eigenvalue weighted by atomic mass is 16.5. The van der Waals surface area contributed by atoms with Crippen LogP contribution in [-0.2, 0) is 9.47 Å². The summed E-state index contributed by atoms with van der Waals surface area (Å²) in [6.45, 7) is 8.10. The van der Waals surface area contributed by atoms with Crippen molar-refractivity contribution in [2.75, 3.05) is 40.0 Å². The van der Waals surface area contributed by atoms with E-state index in [1.54, 1.807) is 7.11 Å². The van der Waals surface area contributed by atoms with E-state index in [0.717, 1.165) is 38.0 Å². The molecule has 1 rings (SSSR count). The fourth-order valence-corrected chi connectivity index (χ4v) is 1.62. The molecule has 0 aliphatic heterocycles. The van der Waals surface area contributed by atoms with E-state index < -0.39 is 0 Å². The minimum absolute atomic E-state index is 0.612. The minimum Gasteiger partial charge on any atom is -0.382 e. The third-order valence-corrected chi connectivity index (χ3v) is 2.92. The molecular formula is C13H27N3O2. The molecule has 0 amide bonds. The van der Waals surface area contributed by atoms with Crippen molar-refractivity contribution in [1.82, 2.24) is 10.6 Å². The summed E-state index contributed by atoms with van der Waals surface area (Å²) in [6, 6.07) is 0.612. The van der Waals surface area contributed by atoms with Crippen molar-refractivity contribution < 1.29 is 9.47 Å². The van der Waals surface area contributed by atoms with Crippen LogP contribution in [0.1, 0.15) is 26.7 Å². The monoisotopic (exact) mass is 257 g/mol. The van der Waals surface area contributed by atoms with Gasteiger partial charge in [0.1, 0.15) is 0 Å². The van der Waals surface area contributed by atoms with Crippen LogP contribution in [0.3, 0.4) is 0 Å². The zero-order valence-corrected chi connectivity index (χ0v) is 11.9. The number of aliphatic imine (C=N–C) groups is 1. The highest BCUT2D eigenvalue weighted by Crippen LogP contribution is 2.28. The Balaban J connectivity index is 2.07. The highest BCUT2D eigenvalue weighted by Gasteiger charge is 2.33. The highest BCUT2D eigenvalue weighted by molar-refractivity contribution is 5.80. The van der Waals surface area contributed by atoms with Crippen LogP contribution in [0.25, 0.3) is 0 Å². The molecule has 0 aromatic heterocycles. The lowest BCUT2D eigenvalue weighted by Gasteiger charge is -2.10. The fraction of sp³-hybridized carbons (Fsp3) is 0.923. The molecule has 106 valence electrons. The van der Waals surface area contributed by atoms with E-state index in [9.17, 15) is 0 Å². The number of hydrogen-bond donors (Lipinski definition) is 2. The lowest BCUT2D eigenvalue weighted by molar-refractivity contribution is 0.0702. The van der Waals surface area contributed by atoms with Crippen LogP contribution in [0.2, 0.25) is 0 Å². The molecule has 0 radical (unpaired) electrons. The molecule has 0 saturated heterocycles. The van der Waals surface area contributed by atoms with Gasteiger partial charge in [-0.2, -0.15) is 0 Å². The summed E-state index contributed by atoms with van der Waals surface area (Å²) < 4.78 is 10.3. The van der Waals surface area contributed by atoms with E-state index in [4.69, 9.17) is 9.47 Å². The first-order valence-electron chi connectivity index (χ1n) is 6.89. The predicted octanol–water partition coefficient (Wildman–Crippen LogP) is 1.00. The molecule has 0 aromatic rings. The summed E-state index contributed by atoms with van der Waals surface area (Å²) in [5.41, 5.74) is 0. The van der Waals surface area contributed by atoms with Gasteiger partial charge in [-0.1, -0.05) is 6.92 Å². The van der Waals surface area contributed by atoms with Gasteiger partial charge in [-0.25, -0.2) is 0 Å². The normalized spacial score (nSPS) is 22.9. The molecule has 0 aromatic carbocycles. The Kier molecular flexibility index (Phi) is 7.76. The number of nitrogens with one attached hydrogen (secondary N) is 2. The standard InChI is InChI=1S/C13H27N3O2/c1-4-14-13(16-12-10-11(12)2)15-6-5-7-18-9-8-17-3/h11-12H,4-10H2,1-3H3,(H2,14,15,16). The molecule has 5 heteroatoms. The van der Waals surface area contributed by atoms with Crippen molar-refractivity contribution in [3.05, 3.63) is 0 Å². The van der Waals surface area contributed by atoms with Crippen LogP contribution >= 0.6 is 0 Å². The molecule has 2 unspecified atom stereocenters. The molecule has 5 nitrogen and oxygen atoms in total. The SMILES string of the molecule is CCNC(=NCCCOCCOC)NC1CC1C. The molecule has 0 spiro atoms. The Morgan fingerprint density at radius 1 is 1.33 bits per heavy atom. The van der Waals surface area contributed by atoms with E-state index in [-0.39, 0.29) is 0 Å².